The van der Waals surface area contributed by atoms with Crippen molar-refractivity contribution >= 4 is 65.4 Å². The second kappa shape index (κ2) is 11.8. The van der Waals surface area contributed by atoms with Crippen LogP contribution in [-0.4, -0.2) is 13.7 Å². The van der Waals surface area contributed by atoms with Gasteiger partial charge >= 0.3 is 0 Å². The van der Waals surface area contributed by atoms with E-state index in [0.717, 1.165) is 56.3 Å². The van der Waals surface area contributed by atoms with E-state index in [1.54, 1.807) is 0 Å². The van der Waals surface area contributed by atoms with Crippen LogP contribution in [0.5, 0.6) is 11.5 Å². The molecule has 1 aliphatic heterocycles. The van der Waals surface area contributed by atoms with E-state index in [4.69, 9.17) is 4.74 Å². The summed E-state index contributed by atoms with van der Waals surface area (Å²) in [6.07, 6.45) is 0. The van der Waals surface area contributed by atoms with Crippen LogP contribution >= 0.6 is 0 Å². The molecule has 0 spiro atoms. The molecule has 3 aromatic heterocycles. The number of benzene rings is 9. The van der Waals surface area contributed by atoms with Gasteiger partial charge in [-0.15, -0.1) is 0 Å². The molecule has 0 aliphatic carbocycles. The van der Waals surface area contributed by atoms with Crippen LogP contribution in [0.3, 0.4) is 0 Å². The van der Waals surface area contributed by atoms with Crippen LogP contribution in [-0.2, 0) is 0 Å². The molecule has 0 radical (unpaired) electrons. The molecule has 0 N–H and O–H groups in total. The van der Waals surface area contributed by atoms with E-state index in [9.17, 15) is 0 Å². The lowest BCUT2D eigenvalue weighted by atomic mass is 9.97. The molecule has 58 heavy (non-hydrogen) atoms. The number of fused-ring (bicyclic) bond motifs is 11. The first-order valence-electron chi connectivity index (χ1n) is 19.8. The number of para-hydroxylation sites is 6. The highest BCUT2D eigenvalue weighted by atomic mass is 16.5. The summed E-state index contributed by atoms with van der Waals surface area (Å²) >= 11 is 0. The fourth-order valence-corrected chi connectivity index (χ4v) is 9.73. The molecule has 0 bridgehead atoms. The van der Waals surface area contributed by atoms with Gasteiger partial charge in [-0.2, -0.15) is 0 Å². The van der Waals surface area contributed by atoms with Crippen molar-refractivity contribution in [3.63, 3.8) is 0 Å². The van der Waals surface area contributed by atoms with Gasteiger partial charge in [0.25, 0.3) is 0 Å². The van der Waals surface area contributed by atoms with Gasteiger partial charge in [-0.3, -0.25) is 0 Å². The highest BCUT2D eigenvalue weighted by molar-refractivity contribution is 6.13. The van der Waals surface area contributed by atoms with Crippen LogP contribution in [0, 0.1) is 0 Å². The first-order valence-corrected chi connectivity index (χ1v) is 19.8. The second-order valence-electron chi connectivity index (χ2n) is 15.3. The summed E-state index contributed by atoms with van der Waals surface area (Å²) < 4.78 is 14.0. The predicted molar refractivity (Wildman–Crippen MR) is 240 cm³/mol. The van der Waals surface area contributed by atoms with Gasteiger partial charge in [-0.25, -0.2) is 0 Å². The first-order chi connectivity index (χ1) is 28.8. The summed E-state index contributed by atoms with van der Waals surface area (Å²) in [5.41, 5.74) is 14.9. The Morgan fingerprint density at radius 1 is 0.310 bits per heavy atom. The summed E-state index contributed by atoms with van der Waals surface area (Å²) in [7, 11) is 0. The minimum atomic E-state index is 0.875. The minimum absolute atomic E-state index is 0.875. The van der Waals surface area contributed by atoms with Gasteiger partial charge < -0.3 is 18.4 Å². The van der Waals surface area contributed by atoms with Gasteiger partial charge in [0.1, 0.15) is 0 Å². The van der Waals surface area contributed by atoms with Crippen LogP contribution in [0.1, 0.15) is 0 Å². The number of hydrogen-bond donors (Lipinski definition) is 0. The van der Waals surface area contributed by atoms with Gasteiger partial charge in [0.05, 0.1) is 38.8 Å². The Morgan fingerprint density at radius 2 is 0.810 bits per heavy atom. The molecule has 1 aliphatic rings. The van der Waals surface area contributed by atoms with Gasteiger partial charge in [-0.1, -0.05) is 127 Å². The van der Waals surface area contributed by atoms with Crippen LogP contribution < -0.4 is 4.74 Å². The minimum Gasteiger partial charge on any atom is -0.452 e. The molecule has 0 saturated carbocycles. The second-order valence-corrected chi connectivity index (χ2v) is 15.3. The number of nitrogens with zero attached hydrogens (tertiary/aromatic N) is 3. The van der Waals surface area contributed by atoms with Crippen LogP contribution in [0.15, 0.2) is 200 Å². The summed E-state index contributed by atoms with van der Waals surface area (Å²) in [5.74, 6) is 1.76. The topological polar surface area (TPSA) is 24.0 Å². The Labute approximate surface area is 333 Å². The molecular weight excluding hydrogens is 707 g/mol. The molecule has 270 valence electrons. The molecule has 0 atom stereocenters. The average molecular weight is 740 g/mol. The Morgan fingerprint density at radius 3 is 1.52 bits per heavy atom. The lowest BCUT2D eigenvalue weighted by molar-refractivity contribution is 0.478. The third-order valence-electron chi connectivity index (χ3n) is 12.2. The molecule has 4 heteroatoms. The van der Waals surface area contributed by atoms with E-state index in [2.05, 4.69) is 214 Å². The standard InChI is InChI=1S/C54H33N3O/c1-5-23-46-40(17-1)41-18-2-6-24-47(41)56(46)38-29-30-50-45(33-38)43-20-4-7-25-48(43)55(50)37-16-10-14-35(32-37)34-13-9-15-36(31-34)39-21-11-27-51-54(39)58-52-28-12-22-44-42-19-3-8-26-49(42)57(51)53(44)52/h1-33H. The highest BCUT2D eigenvalue weighted by Crippen LogP contribution is 2.49. The Kier molecular flexibility index (Phi) is 6.41. The van der Waals surface area contributed by atoms with E-state index < -0.39 is 0 Å². The molecule has 4 nitrogen and oxygen atoms in total. The number of rotatable bonds is 4. The quantitative estimate of drug-likeness (QED) is 0.176. The van der Waals surface area contributed by atoms with Crippen LogP contribution in [0.2, 0.25) is 0 Å². The van der Waals surface area contributed by atoms with Crippen LogP contribution in [0.25, 0.3) is 105 Å². The maximum atomic E-state index is 6.81. The molecule has 12 aromatic rings. The smallest absolute Gasteiger partial charge is 0.159 e. The SMILES string of the molecule is c1cc(-c2cccc(-n3c4ccccc4c4cc(-n5c6ccccc6c6ccccc65)ccc43)c2)cc(-c2cccc3c2Oc2cccc4c5ccccc5n-3c24)c1. The summed E-state index contributed by atoms with van der Waals surface area (Å²) in [5, 5.41) is 7.43. The maximum absolute atomic E-state index is 6.81. The summed E-state index contributed by atoms with van der Waals surface area (Å²) in [6.45, 7) is 0. The summed E-state index contributed by atoms with van der Waals surface area (Å²) in [6, 6.07) is 72.4. The molecule has 13 rings (SSSR count). The number of ether oxygens (including phenoxy) is 1. The van der Waals surface area contributed by atoms with Crippen molar-refractivity contribution in [1.82, 2.24) is 13.7 Å². The van der Waals surface area contributed by atoms with E-state index in [1.165, 1.54) is 59.9 Å². The molecule has 0 unspecified atom stereocenters. The van der Waals surface area contributed by atoms with E-state index in [1.807, 2.05) is 0 Å². The average Bonchev–Trinajstić information content (AvgIpc) is 3.93. The van der Waals surface area contributed by atoms with Crippen molar-refractivity contribution in [2.24, 2.45) is 0 Å². The molecule has 0 amide bonds. The largest absolute Gasteiger partial charge is 0.452 e. The van der Waals surface area contributed by atoms with Gasteiger partial charge in [0.15, 0.2) is 11.5 Å². The Balaban J connectivity index is 0.937. The zero-order chi connectivity index (χ0) is 37.9. The third-order valence-corrected chi connectivity index (χ3v) is 12.2. The maximum Gasteiger partial charge on any atom is 0.159 e. The molecule has 4 heterocycles. The lowest BCUT2D eigenvalue weighted by Gasteiger charge is -2.23. The van der Waals surface area contributed by atoms with E-state index >= 15 is 0 Å². The van der Waals surface area contributed by atoms with Gasteiger partial charge in [-0.05, 0) is 89.5 Å². The molecule has 0 fully saturated rings. The zero-order valence-electron chi connectivity index (χ0n) is 31.3. The van der Waals surface area contributed by atoms with Crippen molar-refractivity contribution in [3.05, 3.63) is 200 Å². The Bertz CT molecular complexity index is 3620. The first kappa shape index (κ1) is 31.4. The van der Waals surface area contributed by atoms with Crippen molar-refractivity contribution in [3.8, 4) is 50.8 Å². The highest BCUT2D eigenvalue weighted by Gasteiger charge is 2.26. The van der Waals surface area contributed by atoms with Crippen LogP contribution in [0.4, 0.5) is 0 Å². The van der Waals surface area contributed by atoms with E-state index in [0.29, 0.717) is 0 Å². The Hall–Kier alpha value is -7.82. The fourth-order valence-electron chi connectivity index (χ4n) is 9.73. The third kappa shape index (κ3) is 4.34. The molecular formula is C54H33N3O. The van der Waals surface area contributed by atoms with Crippen molar-refractivity contribution < 1.29 is 4.74 Å². The molecule has 9 aromatic carbocycles. The monoisotopic (exact) mass is 739 g/mol. The zero-order valence-corrected chi connectivity index (χ0v) is 31.3. The van der Waals surface area contributed by atoms with E-state index in [-0.39, 0.29) is 0 Å². The van der Waals surface area contributed by atoms with Crippen molar-refractivity contribution in [2.45, 2.75) is 0 Å². The summed E-state index contributed by atoms with van der Waals surface area (Å²) in [4.78, 5) is 0. The normalized spacial score (nSPS) is 12.3. The predicted octanol–water partition coefficient (Wildman–Crippen LogP) is 14.4. The van der Waals surface area contributed by atoms with Crippen molar-refractivity contribution in [2.75, 3.05) is 0 Å². The number of hydrogen-bond acceptors (Lipinski definition) is 1. The van der Waals surface area contributed by atoms with Gasteiger partial charge in [0, 0.05) is 49.3 Å². The van der Waals surface area contributed by atoms with Crippen molar-refractivity contribution in [1.29, 1.82) is 0 Å². The van der Waals surface area contributed by atoms with Gasteiger partial charge in [0.2, 0.25) is 0 Å². The lowest BCUT2D eigenvalue weighted by Crippen LogP contribution is -2.05. The fraction of sp³-hybridized carbons (Fsp3) is 0. The molecule has 0 saturated heterocycles. The number of aromatic nitrogens is 3.